The van der Waals surface area contributed by atoms with E-state index >= 15 is 0 Å². The first-order chi connectivity index (χ1) is 14.0. The lowest BCUT2D eigenvalue weighted by molar-refractivity contribution is -0.116. The average Bonchev–Trinajstić information content (AvgIpc) is 3.26. The maximum Gasteiger partial charge on any atom is 0.261 e. The first-order valence-corrected chi connectivity index (χ1v) is 10.2. The van der Waals surface area contributed by atoms with Crippen LogP contribution in [0.5, 0.6) is 0 Å². The molecule has 6 nitrogen and oxygen atoms in total. The number of nitrogens with one attached hydrogen (secondary N) is 1. The number of hydrogen-bond donors (Lipinski definition) is 1. The van der Waals surface area contributed by atoms with E-state index in [2.05, 4.69) is 10.3 Å². The third kappa shape index (κ3) is 3.95. The number of amides is 3. The molecule has 3 amide bonds. The molecule has 3 aromatic rings. The van der Waals surface area contributed by atoms with Crippen molar-refractivity contribution in [3.63, 3.8) is 0 Å². The molecule has 4 rings (SSSR count). The quantitative estimate of drug-likeness (QED) is 0.625. The number of thiazole rings is 1. The predicted molar refractivity (Wildman–Crippen MR) is 112 cm³/mol. The Morgan fingerprint density at radius 1 is 1.03 bits per heavy atom. The van der Waals surface area contributed by atoms with Crippen LogP contribution in [0.15, 0.2) is 53.9 Å². The molecule has 1 N–H and O–H groups in total. The van der Waals surface area contributed by atoms with E-state index < -0.39 is 0 Å². The fraction of sp³-hybridized carbons (Fsp3) is 0.182. The highest BCUT2D eigenvalue weighted by Crippen LogP contribution is 2.24. The molecule has 0 saturated heterocycles. The number of aromatic nitrogens is 1. The number of aryl methyl sites for hydroxylation is 1. The van der Waals surface area contributed by atoms with Gasteiger partial charge in [-0.1, -0.05) is 24.3 Å². The van der Waals surface area contributed by atoms with E-state index in [1.54, 1.807) is 35.6 Å². The van der Waals surface area contributed by atoms with E-state index in [0.29, 0.717) is 23.2 Å². The second-order valence-electron chi connectivity index (χ2n) is 6.79. The fourth-order valence-corrected chi connectivity index (χ4v) is 3.91. The Kier molecular flexibility index (Phi) is 5.22. The van der Waals surface area contributed by atoms with Crippen LogP contribution in [-0.2, 0) is 4.79 Å². The van der Waals surface area contributed by atoms with Crippen LogP contribution in [-0.4, -0.2) is 34.2 Å². The SMILES string of the molecule is Cc1nc(-c2ccc(NC(=O)CCCN3C(=O)c4ccccc4C3=O)cc2)cs1. The van der Waals surface area contributed by atoms with Gasteiger partial charge in [0.2, 0.25) is 5.91 Å². The minimum atomic E-state index is -0.293. The van der Waals surface area contributed by atoms with Crippen LogP contribution >= 0.6 is 11.3 Å². The molecule has 0 radical (unpaired) electrons. The Morgan fingerprint density at radius 3 is 2.28 bits per heavy atom. The van der Waals surface area contributed by atoms with Gasteiger partial charge in [0, 0.05) is 29.6 Å². The number of carbonyl (C=O) groups is 3. The summed E-state index contributed by atoms with van der Waals surface area (Å²) in [5.41, 5.74) is 3.48. The van der Waals surface area contributed by atoms with Crippen molar-refractivity contribution in [3.8, 4) is 11.3 Å². The summed E-state index contributed by atoms with van der Waals surface area (Å²) in [6, 6.07) is 14.3. The third-order valence-electron chi connectivity index (χ3n) is 4.75. The van der Waals surface area contributed by atoms with Crippen molar-refractivity contribution >= 4 is 34.7 Å². The molecular formula is C22H19N3O3S. The molecule has 0 bridgehead atoms. The normalized spacial score (nSPS) is 12.9. The van der Waals surface area contributed by atoms with Crippen LogP contribution in [0.25, 0.3) is 11.3 Å². The Morgan fingerprint density at radius 2 is 1.69 bits per heavy atom. The first-order valence-electron chi connectivity index (χ1n) is 9.30. The van der Waals surface area contributed by atoms with Gasteiger partial charge in [-0.15, -0.1) is 11.3 Å². The van der Waals surface area contributed by atoms with Crippen molar-refractivity contribution in [1.29, 1.82) is 0 Å². The van der Waals surface area contributed by atoms with Crippen LogP contribution < -0.4 is 5.32 Å². The minimum absolute atomic E-state index is 0.154. The smallest absolute Gasteiger partial charge is 0.261 e. The molecule has 0 spiro atoms. The predicted octanol–water partition coefficient (Wildman–Crippen LogP) is 4.13. The van der Waals surface area contributed by atoms with E-state index in [1.807, 2.05) is 36.6 Å². The summed E-state index contributed by atoms with van der Waals surface area (Å²) in [7, 11) is 0. The molecule has 29 heavy (non-hydrogen) atoms. The van der Waals surface area contributed by atoms with Crippen LogP contribution in [0, 0.1) is 6.92 Å². The third-order valence-corrected chi connectivity index (χ3v) is 5.52. The largest absolute Gasteiger partial charge is 0.326 e. The van der Waals surface area contributed by atoms with Crippen LogP contribution in [0.2, 0.25) is 0 Å². The van der Waals surface area contributed by atoms with Gasteiger partial charge in [-0.25, -0.2) is 4.98 Å². The number of imide groups is 1. The van der Waals surface area contributed by atoms with Crippen LogP contribution in [0.3, 0.4) is 0 Å². The Bertz CT molecular complexity index is 1050. The van der Waals surface area contributed by atoms with Crippen molar-refractivity contribution in [2.45, 2.75) is 19.8 Å². The average molecular weight is 405 g/mol. The first kappa shape index (κ1) is 19.0. The maximum atomic E-state index is 12.3. The summed E-state index contributed by atoms with van der Waals surface area (Å²) in [5.74, 6) is -0.739. The van der Waals surface area contributed by atoms with Crippen LogP contribution in [0.1, 0.15) is 38.6 Å². The summed E-state index contributed by atoms with van der Waals surface area (Å²) in [6.45, 7) is 2.19. The lowest BCUT2D eigenvalue weighted by Crippen LogP contribution is -2.31. The van der Waals surface area contributed by atoms with E-state index in [0.717, 1.165) is 16.3 Å². The van der Waals surface area contributed by atoms with Crippen molar-refractivity contribution < 1.29 is 14.4 Å². The van der Waals surface area contributed by atoms with Crippen molar-refractivity contribution in [1.82, 2.24) is 9.88 Å². The molecule has 1 aliphatic heterocycles. The highest BCUT2D eigenvalue weighted by molar-refractivity contribution is 7.09. The highest BCUT2D eigenvalue weighted by Gasteiger charge is 2.34. The number of benzene rings is 2. The van der Waals surface area contributed by atoms with Gasteiger partial charge in [0.05, 0.1) is 21.8 Å². The van der Waals surface area contributed by atoms with Gasteiger partial charge in [-0.3, -0.25) is 19.3 Å². The molecular weight excluding hydrogens is 386 g/mol. The molecule has 2 aromatic carbocycles. The molecule has 2 heterocycles. The molecule has 7 heteroatoms. The van der Waals surface area contributed by atoms with E-state index in [1.165, 1.54) is 4.90 Å². The van der Waals surface area contributed by atoms with Crippen molar-refractivity contribution in [2.75, 3.05) is 11.9 Å². The molecule has 1 aliphatic rings. The molecule has 0 fully saturated rings. The second kappa shape index (κ2) is 7.97. The monoisotopic (exact) mass is 405 g/mol. The van der Waals surface area contributed by atoms with Gasteiger partial charge in [0.1, 0.15) is 0 Å². The molecule has 0 atom stereocenters. The lowest BCUT2D eigenvalue weighted by atomic mass is 10.1. The zero-order valence-electron chi connectivity index (χ0n) is 15.8. The molecule has 1 aromatic heterocycles. The minimum Gasteiger partial charge on any atom is -0.326 e. The number of carbonyl (C=O) groups excluding carboxylic acids is 3. The zero-order chi connectivity index (χ0) is 20.4. The van der Waals surface area contributed by atoms with Crippen molar-refractivity contribution in [2.24, 2.45) is 0 Å². The van der Waals surface area contributed by atoms with Gasteiger partial charge >= 0.3 is 0 Å². The number of hydrogen-bond acceptors (Lipinski definition) is 5. The topological polar surface area (TPSA) is 79.4 Å². The summed E-state index contributed by atoms with van der Waals surface area (Å²) in [6.07, 6.45) is 0.633. The Labute approximate surface area is 172 Å². The molecule has 0 saturated carbocycles. The maximum absolute atomic E-state index is 12.3. The number of anilines is 1. The highest BCUT2D eigenvalue weighted by atomic mass is 32.1. The van der Waals surface area contributed by atoms with E-state index in [9.17, 15) is 14.4 Å². The van der Waals surface area contributed by atoms with Gasteiger partial charge < -0.3 is 5.32 Å². The summed E-state index contributed by atoms with van der Waals surface area (Å²) in [4.78, 5) is 42.5. The van der Waals surface area contributed by atoms with E-state index in [-0.39, 0.29) is 30.7 Å². The van der Waals surface area contributed by atoms with Crippen LogP contribution in [0.4, 0.5) is 5.69 Å². The zero-order valence-corrected chi connectivity index (χ0v) is 16.7. The van der Waals surface area contributed by atoms with Crippen molar-refractivity contribution in [3.05, 3.63) is 70.0 Å². The summed E-state index contributed by atoms with van der Waals surface area (Å²) >= 11 is 1.60. The summed E-state index contributed by atoms with van der Waals surface area (Å²) in [5, 5.41) is 5.86. The second-order valence-corrected chi connectivity index (χ2v) is 7.85. The Hall–Kier alpha value is -3.32. The van der Waals surface area contributed by atoms with Gasteiger partial charge in [0.25, 0.3) is 11.8 Å². The van der Waals surface area contributed by atoms with E-state index in [4.69, 9.17) is 0 Å². The van der Waals surface area contributed by atoms with Gasteiger partial charge in [-0.2, -0.15) is 0 Å². The molecule has 0 unspecified atom stereocenters. The van der Waals surface area contributed by atoms with Gasteiger partial charge in [-0.05, 0) is 37.6 Å². The fourth-order valence-electron chi connectivity index (χ4n) is 3.28. The lowest BCUT2D eigenvalue weighted by Gasteiger charge is -2.13. The molecule has 146 valence electrons. The number of fused-ring (bicyclic) bond motifs is 1. The number of rotatable bonds is 6. The number of nitrogens with zero attached hydrogens (tertiary/aromatic N) is 2. The summed E-state index contributed by atoms with van der Waals surface area (Å²) < 4.78 is 0. The Balaban J connectivity index is 1.29. The standard InChI is InChI=1S/C22H19N3O3S/c1-14-23-19(13-29-14)15-8-10-16(11-9-15)24-20(26)7-4-12-25-21(27)17-5-2-3-6-18(17)22(25)28/h2-3,5-6,8-11,13H,4,7,12H2,1H3,(H,24,26). The molecule has 0 aliphatic carbocycles. The van der Waals surface area contributed by atoms with Gasteiger partial charge in [0.15, 0.2) is 0 Å².